The normalized spacial score (nSPS) is 11.5. The number of hydrogen-bond donors (Lipinski definition) is 1. The largest absolute Gasteiger partial charge is 0.497 e. The van der Waals surface area contributed by atoms with Gasteiger partial charge < -0.3 is 9.47 Å². The quantitative estimate of drug-likeness (QED) is 0.460. The van der Waals surface area contributed by atoms with E-state index in [2.05, 4.69) is 4.72 Å². The Morgan fingerprint density at radius 3 is 2.12 bits per heavy atom. The molecule has 0 saturated carbocycles. The van der Waals surface area contributed by atoms with Gasteiger partial charge in [-0.25, -0.2) is 17.6 Å². The Hall–Kier alpha value is -3.79. The molecule has 1 heterocycles. The van der Waals surface area contributed by atoms with E-state index >= 15 is 0 Å². The van der Waals surface area contributed by atoms with Gasteiger partial charge in [0.05, 0.1) is 28.7 Å². The van der Waals surface area contributed by atoms with Crippen molar-refractivity contribution in [3.63, 3.8) is 0 Å². The molecule has 0 aliphatic rings. The summed E-state index contributed by atoms with van der Waals surface area (Å²) in [4.78, 5) is 12.3. The molecule has 1 aromatic heterocycles. The first-order valence-electron chi connectivity index (χ1n) is 9.91. The predicted molar refractivity (Wildman–Crippen MR) is 123 cm³/mol. The maximum absolute atomic E-state index is 13.7. The topological polar surface area (TPSA) is 91.6 Å². The summed E-state index contributed by atoms with van der Waals surface area (Å²) in [6.07, 6.45) is 0. The molecule has 4 rings (SSSR count). The lowest BCUT2D eigenvalue weighted by molar-refractivity contribution is 0.413. The second-order valence-electron chi connectivity index (χ2n) is 7.53. The zero-order valence-electron chi connectivity index (χ0n) is 18.4. The van der Waals surface area contributed by atoms with Gasteiger partial charge in [0.2, 0.25) is 0 Å². The van der Waals surface area contributed by atoms with E-state index in [-0.39, 0.29) is 27.6 Å². The first kappa shape index (κ1) is 22.4. The number of aryl methyl sites for hydroxylation is 3. The van der Waals surface area contributed by atoms with Crippen LogP contribution in [0.5, 0.6) is 17.2 Å². The molecule has 10 heteroatoms. The van der Waals surface area contributed by atoms with Gasteiger partial charge in [-0.2, -0.15) is 0 Å². The van der Waals surface area contributed by atoms with Gasteiger partial charge in [0.25, 0.3) is 10.0 Å². The van der Waals surface area contributed by atoms with Crippen LogP contribution in [0.4, 0.5) is 10.1 Å². The minimum atomic E-state index is -4.07. The Labute approximate surface area is 189 Å². The third kappa shape index (κ3) is 4.17. The van der Waals surface area contributed by atoms with Gasteiger partial charge in [-0.1, -0.05) is 0 Å². The Bertz CT molecular complexity index is 1520. The number of fused-ring (bicyclic) bond motifs is 1. The molecule has 3 aromatic carbocycles. The van der Waals surface area contributed by atoms with Crippen molar-refractivity contribution in [2.45, 2.75) is 11.8 Å². The number of aromatic nitrogens is 2. The summed E-state index contributed by atoms with van der Waals surface area (Å²) in [5.41, 5.74) is 1.13. The molecule has 0 aliphatic carbocycles. The average molecular weight is 472 g/mol. The van der Waals surface area contributed by atoms with Crippen LogP contribution in [0.2, 0.25) is 0 Å². The molecule has 0 aliphatic heterocycles. The fraction of sp³-hybridized carbons (Fsp3) is 0.174. The standard InChI is InChI=1S/C23H22FN3O5S/c1-14-11-17(9-10-18(14)24)33(29,30)25-19-12-20-21(27(3)23(28)26(20)2)13-22(19)32-16-7-5-15(31-4)6-8-16/h5-13,25H,1-4H3. The summed E-state index contributed by atoms with van der Waals surface area (Å²) in [5, 5.41) is 0. The van der Waals surface area contributed by atoms with Crippen LogP contribution in [0.1, 0.15) is 5.56 Å². The number of methoxy groups -OCH3 is 1. The summed E-state index contributed by atoms with van der Waals surface area (Å²) < 4.78 is 56.3. The Morgan fingerprint density at radius 2 is 1.52 bits per heavy atom. The van der Waals surface area contributed by atoms with E-state index in [1.165, 1.54) is 34.3 Å². The molecule has 0 bridgehead atoms. The number of halogens is 1. The van der Waals surface area contributed by atoms with Gasteiger partial charge in [-0.15, -0.1) is 0 Å². The number of nitrogens with one attached hydrogen (secondary N) is 1. The Balaban J connectivity index is 1.83. The molecule has 0 saturated heterocycles. The number of imidazole rings is 1. The molecular weight excluding hydrogens is 449 g/mol. The highest BCUT2D eigenvalue weighted by Crippen LogP contribution is 2.35. The molecular formula is C23H22FN3O5S. The van der Waals surface area contributed by atoms with Gasteiger partial charge in [-0.3, -0.25) is 13.9 Å². The number of nitrogens with zero attached hydrogens (tertiary/aromatic N) is 2. The monoisotopic (exact) mass is 471 g/mol. The molecule has 33 heavy (non-hydrogen) atoms. The molecule has 1 N–H and O–H groups in total. The van der Waals surface area contributed by atoms with E-state index in [1.807, 2.05) is 0 Å². The van der Waals surface area contributed by atoms with Crippen LogP contribution in [-0.4, -0.2) is 24.7 Å². The number of benzene rings is 3. The number of rotatable bonds is 6. The zero-order chi connectivity index (χ0) is 23.9. The number of hydrogen-bond acceptors (Lipinski definition) is 5. The highest BCUT2D eigenvalue weighted by Gasteiger charge is 2.21. The fourth-order valence-electron chi connectivity index (χ4n) is 3.45. The molecule has 4 aromatic rings. The van der Waals surface area contributed by atoms with Crippen molar-refractivity contribution in [3.8, 4) is 17.2 Å². The number of sulfonamides is 1. The lowest BCUT2D eigenvalue weighted by atomic mass is 10.2. The summed E-state index contributed by atoms with van der Waals surface area (Å²) >= 11 is 0. The summed E-state index contributed by atoms with van der Waals surface area (Å²) in [6.45, 7) is 1.48. The van der Waals surface area contributed by atoms with Crippen LogP contribution >= 0.6 is 0 Å². The van der Waals surface area contributed by atoms with Gasteiger partial charge in [-0.05, 0) is 61.0 Å². The predicted octanol–water partition coefficient (Wildman–Crippen LogP) is 3.93. The average Bonchev–Trinajstić information content (AvgIpc) is 2.99. The lowest BCUT2D eigenvalue weighted by Crippen LogP contribution is -2.19. The highest BCUT2D eigenvalue weighted by molar-refractivity contribution is 7.92. The Kier molecular flexibility index (Phi) is 5.62. The van der Waals surface area contributed by atoms with E-state index in [0.717, 1.165) is 6.07 Å². The zero-order valence-corrected chi connectivity index (χ0v) is 19.2. The Morgan fingerprint density at radius 1 is 0.909 bits per heavy atom. The van der Waals surface area contributed by atoms with Crippen molar-refractivity contribution in [1.82, 2.24) is 9.13 Å². The van der Waals surface area contributed by atoms with E-state index in [9.17, 15) is 17.6 Å². The number of anilines is 1. The van der Waals surface area contributed by atoms with Crippen LogP contribution in [-0.2, 0) is 24.1 Å². The van der Waals surface area contributed by atoms with Crippen LogP contribution in [0.25, 0.3) is 11.0 Å². The molecule has 0 fully saturated rings. The van der Waals surface area contributed by atoms with E-state index in [0.29, 0.717) is 22.5 Å². The van der Waals surface area contributed by atoms with Gasteiger partial charge in [0.1, 0.15) is 17.3 Å². The van der Waals surface area contributed by atoms with Gasteiger partial charge >= 0.3 is 5.69 Å². The van der Waals surface area contributed by atoms with Crippen LogP contribution in [0, 0.1) is 12.7 Å². The summed E-state index contributed by atoms with van der Waals surface area (Å²) in [6, 6.07) is 13.4. The SMILES string of the molecule is COc1ccc(Oc2cc3c(cc2NS(=O)(=O)c2ccc(F)c(C)c2)n(C)c(=O)n3C)cc1. The molecule has 0 spiro atoms. The first-order chi connectivity index (χ1) is 15.6. The number of ether oxygens (including phenoxy) is 2. The van der Waals surface area contributed by atoms with Crippen molar-refractivity contribution in [2.75, 3.05) is 11.8 Å². The van der Waals surface area contributed by atoms with Gasteiger partial charge in [0.15, 0.2) is 5.75 Å². The molecule has 0 atom stereocenters. The summed E-state index contributed by atoms with van der Waals surface area (Å²) in [7, 11) is 0.683. The smallest absolute Gasteiger partial charge is 0.328 e. The second-order valence-corrected chi connectivity index (χ2v) is 9.21. The van der Waals surface area contributed by atoms with Crippen molar-refractivity contribution < 1.29 is 22.3 Å². The third-order valence-electron chi connectivity index (χ3n) is 5.34. The molecule has 0 radical (unpaired) electrons. The van der Waals surface area contributed by atoms with Crippen LogP contribution in [0.15, 0.2) is 64.3 Å². The lowest BCUT2D eigenvalue weighted by Gasteiger charge is -2.15. The van der Waals surface area contributed by atoms with Crippen molar-refractivity contribution in [2.24, 2.45) is 14.1 Å². The minimum absolute atomic E-state index is 0.0983. The third-order valence-corrected chi connectivity index (χ3v) is 6.71. The van der Waals surface area contributed by atoms with Gasteiger partial charge in [0, 0.05) is 20.2 Å². The van der Waals surface area contributed by atoms with Crippen molar-refractivity contribution in [1.29, 1.82) is 0 Å². The van der Waals surface area contributed by atoms with E-state index < -0.39 is 15.8 Å². The fourth-order valence-corrected chi connectivity index (χ4v) is 4.60. The van der Waals surface area contributed by atoms with E-state index in [1.54, 1.807) is 51.5 Å². The van der Waals surface area contributed by atoms with Crippen molar-refractivity contribution in [3.05, 3.63) is 76.5 Å². The highest BCUT2D eigenvalue weighted by atomic mass is 32.2. The van der Waals surface area contributed by atoms with Crippen LogP contribution in [0.3, 0.4) is 0 Å². The maximum atomic E-state index is 13.7. The summed E-state index contributed by atoms with van der Waals surface area (Å²) in [5.74, 6) is 0.763. The van der Waals surface area contributed by atoms with Crippen LogP contribution < -0.4 is 19.9 Å². The first-order valence-corrected chi connectivity index (χ1v) is 11.4. The second kappa shape index (κ2) is 8.28. The maximum Gasteiger partial charge on any atom is 0.328 e. The van der Waals surface area contributed by atoms with Crippen molar-refractivity contribution >= 4 is 26.7 Å². The molecule has 8 nitrogen and oxygen atoms in total. The molecule has 0 unspecified atom stereocenters. The van der Waals surface area contributed by atoms with E-state index in [4.69, 9.17) is 9.47 Å². The molecule has 0 amide bonds. The minimum Gasteiger partial charge on any atom is -0.497 e. The molecule has 172 valence electrons.